The molecule has 0 N–H and O–H groups in total. The fourth-order valence-electron chi connectivity index (χ4n) is 3.36. The Balaban J connectivity index is 1.50. The molecule has 5 rings (SSSR count). The predicted molar refractivity (Wildman–Crippen MR) is 111 cm³/mol. The van der Waals surface area contributed by atoms with Crippen LogP contribution in [0.4, 0.5) is 0 Å². The van der Waals surface area contributed by atoms with Crippen molar-refractivity contribution in [2.24, 2.45) is 0 Å². The molecule has 0 fully saturated rings. The topological polar surface area (TPSA) is 22.1 Å². The third-order valence-electron chi connectivity index (χ3n) is 4.72. The lowest BCUT2D eigenvalue weighted by Crippen LogP contribution is -1.89. The second-order valence-corrected chi connectivity index (χ2v) is 6.56. The molecule has 0 radical (unpaired) electrons. The van der Waals surface area contributed by atoms with E-state index in [1.54, 1.807) is 0 Å². The molecule has 2 heteroatoms. The van der Waals surface area contributed by atoms with E-state index in [1.165, 1.54) is 16.3 Å². The first kappa shape index (κ1) is 15.6. The number of fused-ring (bicyclic) bond motifs is 2. The molecule has 2 nitrogen and oxygen atoms in total. The lowest BCUT2D eigenvalue weighted by atomic mass is 10.1. The van der Waals surface area contributed by atoms with Gasteiger partial charge in [0.05, 0.1) is 0 Å². The van der Waals surface area contributed by atoms with Crippen molar-refractivity contribution in [3.05, 3.63) is 103 Å². The zero-order valence-electron chi connectivity index (χ0n) is 14.7. The molecule has 0 saturated heterocycles. The standard InChI is InChI=1S/C25H17NO/c1-2-7-18(8-3-1)21-11-6-12-24(15-21)27-25-16-22-13-19-9-4-5-10-20(19)14-23(22)17-26-25/h1-17H. The van der Waals surface area contributed by atoms with E-state index < -0.39 is 0 Å². The van der Waals surface area contributed by atoms with E-state index in [0.29, 0.717) is 5.88 Å². The Morgan fingerprint density at radius 1 is 0.519 bits per heavy atom. The number of nitrogens with zero attached hydrogens (tertiary/aromatic N) is 1. The molecule has 5 aromatic rings. The van der Waals surface area contributed by atoms with Gasteiger partial charge in [-0.15, -0.1) is 0 Å². The van der Waals surface area contributed by atoms with Crippen molar-refractivity contribution in [3.63, 3.8) is 0 Å². The summed E-state index contributed by atoms with van der Waals surface area (Å²) in [5, 5.41) is 4.67. The summed E-state index contributed by atoms with van der Waals surface area (Å²) in [7, 11) is 0. The third kappa shape index (κ3) is 3.13. The van der Waals surface area contributed by atoms with Crippen molar-refractivity contribution in [1.29, 1.82) is 0 Å². The lowest BCUT2D eigenvalue weighted by Gasteiger charge is -2.09. The van der Waals surface area contributed by atoms with Crippen LogP contribution in [0.5, 0.6) is 11.6 Å². The maximum absolute atomic E-state index is 6.05. The maximum Gasteiger partial charge on any atom is 0.219 e. The third-order valence-corrected chi connectivity index (χ3v) is 4.72. The molecule has 0 amide bonds. The number of hydrogen-bond acceptors (Lipinski definition) is 2. The summed E-state index contributed by atoms with van der Waals surface area (Å²) >= 11 is 0. The number of pyridine rings is 1. The Hall–Kier alpha value is -3.65. The van der Waals surface area contributed by atoms with Crippen LogP contribution < -0.4 is 4.74 Å². The molecule has 0 aliphatic heterocycles. The minimum absolute atomic E-state index is 0.600. The molecule has 0 spiro atoms. The van der Waals surface area contributed by atoms with Crippen LogP contribution in [0.2, 0.25) is 0 Å². The molecule has 0 aliphatic carbocycles. The highest BCUT2D eigenvalue weighted by Gasteiger charge is 2.05. The van der Waals surface area contributed by atoms with Crippen LogP contribution in [0.25, 0.3) is 32.7 Å². The van der Waals surface area contributed by atoms with Crippen LogP contribution in [-0.2, 0) is 0 Å². The van der Waals surface area contributed by atoms with E-state index in [-0.39, 0.29) is 0 Å². The number of hydrogen-bond donors (Lipinski definition) is 0. The molecule has 4 aromatic carbocycles. The van der Waals surface area contributed by atoms with Crippen molar-refractivity contribution in [1.82, 2.24) is 4.98 Å². The fourth-order valence-corrected chi connectivity index (χ4v) is 3.36. The van der Waals surface area contributed by atoms with Gasteiger partial charge in [-0.25, -0.2) is 4.98 Å². The molecule has 1 heterocycles. The largest absolute Gasteiger partial charge is 0.439 e. The zero-order valence-corrected chi connectivity index (χ0v) is 14.7. The first-order valence-corrected chi connectivity index (χ1v) is 8.97. The number of ether oxygens (including phenoxy) is 1. The average molecular weight is 347 g/mol. The Kier molecular flexibility index (Phi) is 3.80. The van der Waals surface area contributed by atoms with Crippen molar-refractivity contribution in [2.75, 3.05) is 0 Å². The molecule has 0 unspecified atom stereocenters. The minimum atomic E-state index is 0.600. The zero-order chi connectivity index (χ0) is 18.1. The van der Waals surface area contributed by atoms with Gasteiger partial charge in [-0.1, -0.05) is 66.7 Å². The first-order valence-electron chi connectivity index (χ1n) is 8.97. The van der Waals surface area contributed by atoms with Gasteiger partial charge in [-0.2, -0.15) is 0 Å². The van der Waals surface area contributed by atoms with Gasteiger partial charge in [0.15, 0.2) is 0 Å². The van der Waals surface area contributed by atoms with E-state index in [2.05, 4.69) is 59.6 Å². The number of benzene rings is 4. The number of aromatic nitrogens is 1. The second-order valence-electron chi connectivity index (χ2n) is 6.56. The predicted octanol–water partition coefficient (Wildman–Crippen LogP) is 6.85. The molecule has 0 saturated carbocycles. The summed E-state index contributed by atoms with van der Waals surface area (Å²) < 4.78 is 6.05. The quantitative estimate of drug-likeness (QED) is 0.333. The number of rotatable bonds is 3. The molecular formula is C25H17NO. The van der Waals surface area contributed by atoms with Crippen LogP contribution in [0, 0.1) is 0 Å². The van der Waals surface area contributed by atoms with E-state index >= 15 is 0 Å². The van der Waals surface area contributed by atoms with E-state index in [9.17, 15) is 0 Å². The van der Waals surface area contributed by atoms with Crippen LogP contribution in [0.15, 0.2) is 103 Å². The van der Waals surface area contributed by atoms with Gasteiger partial charge in [0.2, 0.25) is 5.88 Å². The normalized spacial score (nSPS) is 11.0. The van der Waals surface area contributed by atoms with Gasteiger partial charge >= 0.3 is 0 Å². The lowest BCUT2D eigenvalue weighted by molar-refractivity contribution is 0.464. The molecule has 0 atom stereocenters. The summed E-state index contributed by atoms with van der Waals surface area (Å²) in [6.45, 7) is 0. The first-order chi connectivity index (χ1) is 13.3. The van der Waals surface area contributed by atoms with Gasteiger partial charge in [0.25, 0.3) is 0 Å². The highest BCUT2D eigenvalue weighted by molar-refractivity contribution is 5.98. The SMILES string of the molecule is c1ccc(-c2cccc(Oc3cc4cc5ccccc5cc4cn3)c2)cc1. The van der Waals surface area contributed by atoms with Gasteiger partial charge in [0.1, 0.15) is 5.75 Å². The summed E-state index contributed by atoms with van der Waals surface area (Å²) in [6, 6.07) is 33.1. The molecule has 1 aromatic heterocycles. The Morgan fingerprint density at radius 2 is 1.22 bits per heavy atom. The minimum Gasteiger partial charge on any atom is -0.439 e. The van der Waals surface area contributed by atoms with Gasteiger partial charge in [-0.05, 0) is 51.6 Å². The fraction of sp³-hybridized carbons (Fsp3) is 0. The molecule has 128 valence electrons. The summed E-state index contributed by atoms with van der Waals surface area (Å²) in [4.78, 5) is 4.49. The Labute approximate surface area is 157 Å². The highest BCUT2D eigenvalue weighted by atomic mass is 16.5. The van der Waals surface area contributed by atoms with Crippen LogP contribution in [0.1, 0.15) is 0 Å². The molecular weight excluding hydrogens is 330 g/mol. The molecule has 0 aliphatic rings. The van der Waals surface area contributed by atoms with E-state index in [4.69, 9.17) is 4.74 Å². The molecule has 27 heavy (non-hydrogen) atoms. The Morgan fingerprint density at radius 3 is 2.04 bits per heavy atom. The summed E-state index contributed by atoms with van der Waals surface area (Å²) in [5.41, 5.74) is 2.29. The van der Waals surface area contributed by atoms with Crippen LogP contribution in [-0.4, -0.2) is 4.98 Å². The maximum atomic E-state index is 6.05. The van der Waals surface area contributed by atoms with Gasteiger partial charge in [0, 0.05) is 17.6 Å². The van der Waals surface area contributed by atoms with Crippen molar-refractivity contribution in [2.45, 2.75) is 0 Å². The van der Waals surface area contributed by atoms with Crippen LogP contribution in [0.3, 0.4) is 0 Å². The second kappa shape index (κ2) is 6.58. The highest BCUT2D eigenvalue weighted by Crippen LogP contribution is 2.29. The Bertz CT molecular complexity index is 1250. The molecule has 0 bridgehead atoms. The van der Waals surface area contributed by atoms with E-state index in [1.807, 2.05) is 48.7 Å². The summed E-state index contributed by atoms with van der Waals surface area (Å²) in [6.07, 6.45) is 1.87. The monoisotopic (exact) mass is 347 g/mol. The average Bonchev–Trinajstić information content (AvgIpc) is 2.73. The van der Waals surface area contributed by atoms with Gasteiger partial charge < -0.3 is 4.74 Å². The van der Waals surface area contributed by atoms with E-state index in [0.717, 1.165) is 22.1 Å². The van der Waals surface area contributed by atoms with Gasteiger partial charge in [-0.3, -0.25) is 0 Å². The summed E-state index contributed by atoms with van der Waals surface area (Å²) in [5.74, 6) is 1.38. The van der Waals surface area contributed by atoms with Crippen LogP contribution >= 0.6 is 0 Å². The van der Waals surface area contributed by atoms with Crippen molar-refractivity contribution in [3.8, 4) is 22.8 Å². The smallest absolute Gasteiger partial charge is 0.219 e. The van der Waals surface area contributed by atoms with Crippen molar-refractivity contribution >= 4 is 21.5 Å². The van der Waals surface area contributed by atoms with Crippen molar-refractivity contribution < 1.29 is 4.74 Å².